The number of aliphatic hydroxyl groups is 1. The normalized spacial score (nSPS) is 13.4. The largest absolute Gasteiger partial charge is 0.507 e. The number of rotatable bonds is 12. The van der Waals surface area contributed by atoms with Gasteiger partial charge in [-0.2, -0.15) is 4.31 Å². The van der Waals surface area contributed by atoms with Crippen LogP contribution < -0.4 is 5.32 Å². The van der Waals surface area contributed by atoms with Gasteiger partial charge in [0.25, 0.3) is 5.91 Å². The number of phenols is 1. The molecule has 38 heavy (non-hydrogen) atoms. The lowest BCUT2D eigenvalue weighted by molar-refractivity contribution is 0.0773. The molecule has 2 atom stereocenters. The Kier molecular flexibility index (Phi) is 10.6. The number of thioether (sulfide) groups is 1. The fourth-order valence-corrected chi connectivity index (χ4v) is 6.20. The Labute approximate surface area is 233 Å². The van der Waals surface area contributed by atoms with Crippen LogP contribution in [0.5, 0.6) is 5.75 Å². The summed E-state index contributed by atoms with van der Waals surface area (Å²) in [4.78, 5) is 14.1. The summed E-state index contributed by atoms with van der Waals surface area (Å²) in [5.74, 6) is -0.902. The zero-order valence-corrected chi connectivity index (χ0v) is 23.9. The first-order valence-corrected chi connectivity index (χ1v) is 15.2. The molecule has 0 spiro atoms. The molecule has 3 rings (SSSR count). The highest BCUT2D eigenvalue weighted by atomic mass is 35.5. The Balaban J connectivity index is 1.90. The lowest BCUT2D eigenvalue weighted by Crippen LogP contribution is -2.51. The number of aliphatic hydroxyl groups excluding tert-OH is 1. The summed E-state index contributed by atoms with van der Waals surface area (Å²) in [5.41, 5.74) is 0.850. The van der Waals surface area contributed by atoms with Crippen LogP contribution in [0.25, 0.3) is 0 Å². The number of nitrogens with one attached hydrogen (secondary N) is 1. The highest BCUT2D eigenvalue weighted by molar-refractivity contribution is 7.98. The van der Waals surface area contributed by atoms with E-state index in [1.807, 2.05) is 50.4 Å². The Hall–Kier alpha value is -2.56. The van der Waals surface area contributed by atoms with Crippen LogP contribution in [0.3, 0.4) is 0 Å². The minimum Gasteiger partial charge on any atom is -0.507 e. The minimum absolute atomic E-state index is 0.000188. The average Bonchev–Trinajstić information content (AvgIpc) is 2.88. The van der Waals surface area contributed by atoms with Crippen molar-refractivity contribution in [3.63, 3.8) is 0 Å². The molecule has 0 aliphatic heterocycles. The van der Waals surface area contributed by atoms with E-state index in [2.05, 4.69) is 5.32 Å². The molecule has 0 radical (unpaired) electrons. The molecule has 0 bridgehead atoms. The number of hydrogen-bond acceptors (Lipinski definition) is 6. The van der Waals surface area contributed by atoms with Crippen LogP contribution in [0.4, 0.5) is 0 Å². The zero-order chi connectivity index (χ0) is 27.9. The number of phenolic OH excluding ortho intramolecular Hbond substituents is 1. The maximum absolute atomic E-state index is 13.6. The van der Waals surface area contributed by atoms with Gasteiger partial charge in [-0.15, -0.1) is 11.8 Å². The molecule has 0 aliphatic rings. The number of halogens is 1. The summed E-state index contributed by atoms with van der Waals surface area (Å²) >= 11 is 7.41. The second-order valence-corrected chi connectivity index (χ2v) is 12.6. The third kappa shape index (κ3) is 7.97. The van der Waals surface area contributed by atoms with Crippen LogP contribution in [-0.2, 0) is 16.4 Å². The van der Waals surface area contributed by atoms with E-state index in [-0.39, 0.29) is 46.7 Å². The smallest absolute Gasteiger partial charge is 0.255 e. The number of amides is 1. The monoisotopic (exact) mass is 576 g/mol. The summed E-state index contributed by atoms with van der Waals surface area (Å²) in [6.07, 6.45) is 0.920. The van der Waals surface area contributed by atoms with E-state index in [9.17, 15) is 23.4 Å². The summed E-state index contributed by atoms with van der Waals surface area (Å²) in [6.45, 7) is 3.76. The molecule has 3 aromatic carbocycles. The Bertz CT molecular complexity index is 1320. The standard InChI is InChI=1S/C28H33ClN2O5S2/c1-19(2)17-31(38(35,36)23-12-10-22(37-3)11-13-23)18-27(33)25(15-20-7-5-4-6-8-20)30-28(34)24-14-9-21(29)16-26(24)32/h4-14,16,19,25,27,32-33H,15,17-18H2,1-3H3,(H,30,34)/t25-,27+/m0/s1. The van der Waals surface area contributed by atoms with E-state index in [0.717, 1.165) is 10.5 Å². The van der Waals surface area contributed by atoms with E-state index in [0.29, 0.717) is 0 Å². The summed E-state index contributed by atoms with van der Waals surface area (Å²) in [6, 6.07) is 19.2. The predicted octanol–water partition coefficient (Wildman–Crippen LogP) is 4.82. The molecule has 0 aromatic heterocycles. The molecule has 204 valence electrons. The maximum atomic E-state index is 13.6. The third-order valence-electron chi connectivity index (χ3n) is 5.94. The molecule has 0 heterocycles. The number of hydrogen-bond donors (Lipinski definition) is 3. The second kappa shape index (κ2) is 13.5. The molecule has 1 amide bonds. The van der Waals surface area contributed by atoms with Gasteiger partial charge in [0.1, 0.15) is 5.75 Å². The predicted molar refractivity (Wildman–Crippen MR) is 152 cm³/mol. The first-order valence-electron chi connectivity index (χ1n) is 12.2. The van der Waals surface area contributed by atoms with Gasteiger partial charge >= 0.3 is 0 Å². The van der Waals surface area contributed by atoms with Gasteiger partial charge in [0.2, 0.25) is 10.0 Å². The summed E-state index contributed by atoms with van der Waals surface area (Å²) < 4.78 is 28.4. The minimum atomic E-state index is -3.92. The molecule has 10 heteroatoms. The highest BCUT2D eigenvalue weighted by Crippen LogP contribution is 2.24. The van der Waals surface area contributed by atoms with Crippen molar-refractivity contribution < 1.29 is 23.4 Å². The number of aromatic hydroxyl groups is 1. The molecular weight excluding hydrogens is 544 g/mol. The van der Waals surface area contributed by atoms with Crippen molar-refractivity contribution in [2.75, 3.05) is 19.3 Å². The zero-order valence-electron chi connectivity index (χ0n) is 21.5. The summed E-state index contributed by atoms with van der Waals surface area (Å²) in [7, 11) is -3.92. The number of carbonyl (C=O) groups excluding carboxylic acids is 1. The lowest BCUT2D eigenvalue weighted by atomic mass is 10.00. The van der Waals surface area contributed by atoms with Crippen LogP contribution in [0.15, 0.2) is 82.6 Å². The van der Waals surface area contributed by atoms with Gasteiger partial charge in [0.05, 0.1) is 22.6 Å². The molecule has 0 unspecified atom stereocenters. The van der Waals surface area contributed by atoms with Gasteiger partial charge in [-0.1, -0.05) is 55.8 Å². The van der Waals surface area contributed by atoms with Gasteiger partial charge in [-0.3, -0.25) is 4.79 Å². The molecule has 3 aromatic rings. The molecule has 0 aliphatic carbocycles. The maximum Gasteiger partial charge on any atom is 0.255 e. The van der Waals surface area contributed by atoms with E-state index < -0.39 is 28.1 Å². The fraction of sp³-hybridized carbons (Fsp3) is 0.321. The quantitative estimate of drug-likeness (QED) is 0.267. The molecule has 0 saturated carbocycles. The van der Waals surface area contributed by atoms with Crippen molar-refractivity contribution >= 4 is 39.3 Å². The average molecular weight is 577 g/mol. The van der Waals surface area contributed by atoms with Crippen molar-refractivity contribution in [3.8, 4) is 5.75 Å². The second-order valence-electron chi connectivity index (χ2n) is 9.39. The number of carbonyl (C=O) groups is 1. The molecular formula is C28H33ClN2O5S2. The molecule has 0 saturated heterocycles. The van der Waals surface area contributed by atoms with Gasteiger partial charge in [-0.05, 0) is 66.6 Å². The van der Waals surface area contributed by atoms with Crippen LogP contribution >= 0.6 is 23.4 Å². The summed E-state index contributed by atoms with van der Waals surface area (Å²) in [5, 5.41) is 24.6. The van der Waals surface area contributed by atoms with Gasteiger partial charge < -0.3 is 15.5 Å². The van der Waals surface area contributed by atoms with Gasteiger partial charge in [-0.25, -0.2) is 8.42 Å². The van der Waals surface area contributed by atoms with Gasteiger partial charge in [0, 0.05) is 23.0 Å². The Morgan fingerprint density at radius 3 is 2.26 bits per heavy atom. The van der Waals surface area contributed by atoms with Crippen LogP contribution in [0.2, 0.25) is 5.02 Å². The Morgan fingerprint density at radius 1 is 1.03 bits per heavy atom. The third-order valence-corrected chi connectivity index (χ3v) is 8.77. The first kappa shape index (κ1) is 30.0. The lowest BCUT2D eigenvalue weighted by Gasteiger charge is -2.31. The molecule has 7 nitrogen and oxygen atoms in total. The Morgan fingerprint density at radius 2 is 1.68 bits per heavy atom. The van der Waals surface area contributed by atoms with E-state index in [1.54, 1.807) is 24.3 Å². The number of nitrogens with zero attached hydrogens (tertiary/aromatic N) is 1. The van der Waals surface area contributed by atoms with Crippen molar-refractivity contribution in [2.24, 2.45) is 5.92 Å². The van der Waals surface area contributed by atoms with E-state index in [1.165, 1.54) is 34.3 Å². The van der Waals surface area contributed by atoms with Crippen molar-refractivity contribution in [1.29, 1.82) is 0 Å². The van der Waals surface area contributed by atoms with Crippen molar-refractivity contribution in [2.45, 2.75) is 42.2 Å². The fourth-order valence-electron chi connectivity index (χ4n) is 4.00. The topological polar surface area (TPSA) is 107 Å². The van der Waals surface area contributed by atoms with Crippen molar-refractivity contribution in [3.05, 3.63) is 88.9 Å². The molecule has 0 fully saturated rings. The van der Waals surface area contributed by atoms with Crippen LogP contribution in [0.1, 0.15) is 29.8 Å². The highest BCUT2D eigenvalue weighted by Gasteiger charge is 2.31. The van der Waals surface area contributed by atoms with E-state index in [4.69, 9.17) is 11.6 Å². The van der Waals surface area contributed by atoms with E-state index >= 15 is 0 Å². The molecule has 3 N–H and O–H groups in total. The number of sulfonamides is 1. The first-order chi connectivity index (χ1) is 18.0. The van der Waals surface area contributed by atoms with Crippen LogP contribution in [-0.4, -0.2) is 60.3 Å². The van der Waals surface area contributed by atoms with Gasteiger partial charge in [0.15, 0.2) is 0 Å². The number of benzene rings is 3. The van der Waals surface area contributed by atoms with Crippen LogP contribution in [0, 0.1) is 5.92 Å². The SMILES string of the molecule is CSc1ccc(S(=O)(=O)N(CC(C)C)C[C@@H](O)[C@H](Cc2ccccc2)NC(=O)c2ccc(Cl)cc2O)cc1. The van der Waals surface area contributed by atoms with Crippen molar-refractivity contribution in [1.82, 2.24) is 9.62 Å².